The predicted molar refractivity (Wildman–Crippen MR) is 89.2 cm³/mol. The van der Waals surface area contributed by atoms with E-state index in [0.29, 0.717) is 17.9 Å². The van der Waals surface area contributed by atoms with Crippen LogP contribution in [0.2, 0.25) is 0 Å². The largest absolute Gasteiger partial charge is 0.454 e. The van der Waals surface area contributed by atoms with Crippen LogP contribution >= 0.6 is 0 Å². The maximum Gasteiger partial charge on any atom is 0.251 e. The van der Waals surface area contributed by atoms with Crippen molar-refractivity contribution in [2.24, 2.45) is 7.05 Å². The highest BCUT2D eigenvalue weighted by Gasteiger charge is 2.14. The first-order valence-corrected chi connectivity index (χ1v) is 7.71. The standard InChI is InChI=1S/C18H17N3O3/c1-11-20-14-8-13(4-5-15(14)21(11)2)18(22)19-9-12-3-6-16-17(7-12)24-10-23-16/h3-8H,9-10H2,1-2H3,(H,19,22). The molecule has 0 bridgehead atoms. The van der Waals surface area contributed by atoms with Crippen LogP contribution in [0, 0.1) is 6.92 Å². The summed E-state index contributed by atoms with van der Waals surface area (Å²) in [5, 5.41) is 2.92. The maximum absolute atomic E-state index is 12.4. The molecule has 6 nitrogen and oxygen atoms in total. The highest BCUT2D eigenvalue weighted by atomic mass is 16.7. The Bertz CT molecular complexity index is 946. The fourth-order valence-corrected chi connectivity index (χ4v) is 2.80. The SMILES string of the molecule is Cc1nc2cc(C(=O)NCc3ccc4c(c3)OCO4)ccc2n1C. The summed E-state index contributed by atoms with van der Waals surface area (Å²) >= 11 is 0. The van der Waals surface area contributed by atoms with Crippen LogP contribution in [-0.4, -0.2) is 22.3 Å². The zero-order valence-electron chi connectivity index (χ0n) is 13.5. The Labute approximate surface area is 139 Å². The van der Waals surface area contributed by atoms with Crippen LogP contribution in [-0.2, 0) is 13.6 Å². The lowest BCUT2D eigenvalue weighted by Crippen LogP contribution is -2.22. The van der Waals surface area contributed by atoms with Crippen molar-refractivity contribution in [3.8, 4) is 11.5 Å². The monoisotopic (exact) mass is 323 g/mol. The molecule has 0 saturated heterocycles. The molecule has 0 radical (unpaired) electrons. The number of hydrogen-bond donors (Lipinski definition) is 1. The lowest BCUT2D eigenvalue weighted by molar-refractivity contribution is 0.0951. The van der Waals surface area contributed by atoms with E-state index in [1.807, 2.05) is 54.9 Å². The number of carbonyl (C=O) groups is 1. The molecule has 0 spiro atoms. The van der Waals surface area contributed by atoms with Crippen LogP contribution in [0.15, 0.2) is 36.4 Å². The molecule has 0 atom stereocenters. The Morgan fingerprint density at radius 3 is 2.92 bits per heavy atom. The zero-order chi connectivity index (χ0) is 16.7. The molecule has 1 aliphatic rings. The highest BCUT2D eigenvalue weighted by molar-refractivity contribution is 5.97. The van der Waals surface area contributed by atoms with Crippen LogP contribution in [0.4, 0.5) is 0 Å². The molecule has 1 aromatic heterocycles. The first-order chi connectivity index (χ1) is 11.6. The number of imidazole rings is 1. The van der Waals surface area contributed by atoms with Gasteiger partial charge in [0, 0.05) is 19.2 Å². The van der Waals surface area contributed by atoms with E-state index in [0.717, 1.165) is 28.2 Å². The Morgan fingerprint density at radius 1 is 1.21 bits per heavy atom. The molecule has 0 saturated carbocycles. The van der Waals surface area contributed by atoms with E-state index in [-0.39, 0.29) is 12.7 Å². The normalized spacial score (nSPS) is 12.6. The molecule has 6 heteroatoms. The second-order valence-corrected chi connectivity index (χ2v) is 5.79. The van der Waals surface area contributed by atoms with Gasteiger partial charge in [0.05, 0.1) is 11.0 Å². The van der Waals surface area contributed by atoms with Gasteiger partial charge in [0.1, 0.15) is 5.82 Å². The van der Waals surface area contributed by atoms with Crippen LogP contribution in [0.25, 0.3) is 11.0 Å². The number of amides is 1. The van der Waals surface area contributed by atoms with Gasteiger partial charge >= 0.3 is 0 Å². The van der Waals surface area contributed by atoms with Gasteiger partial charge in [-0.25, -0.2) is 4.98 Å². The van der Waals surface area contributed by atoms with Gasteiger partial charge in [-0.1, -0.05) is 6.07 Å². The molecule has 3 aromatic rings. The van der Waals surface area contributed by atoms with Gasteiger partial charge in [0.2, 0.25) is 6.79 Å². The smallest absolute Gasteiger partial charge is 0.251 e. The van der Waals surface area contributed by atoms with Crippen molar-refractivity contribution in [2.45, 2.75) is 13.5 Å². The van der Waals surface area contributed by atoms with Crippen molar-refractivity contribution in [3.05, 3.63) is 53.3 Å². The number of aromatic nitrogens is 2. The zero-order valence-corrected chi connectivity index (χ0v) is 13.5. The second-order valence-electron chi connectivity index (χ2n) is 5.79. The number of fused-ring (bicyclic) bond motifs is 2. The van der Waals surface area contributed by atoms with Crippen molar-refractivity contribution >= 4 is 16.9 Å². The third-order valence-electron chi connectivity index (χ3n) is 4.26. The summed E-state index contributed by atoms with van der Waals surface area (Å²) in [4.78, 5) is 16.9. The number of rotatable bonds is 3. The predicted octanol–water partition coefficient (Wildman–Crippen LogP) is 2.54. The number of aryl methyl sites for hydroxylation is 2. The summed E-state index contributed by atoms with van der Waals surface area (Å²) in [5.74, 6) is 2.24. The summed E-state index contributed by atoms with van der Waals surface area (Å²) in [5.41, 5.74) is 3.40. The van der Waals surface area contributed by atoms with Crippen molar-refractivity contribution < 1.29 is 14.3 Å². The number of carbonyl (C=O) groups excluding carboxylic acids is 1. The van der Waals surface area contributed by atoms with E-state index in [4.69, 9.17) is 9.47 Å². The summed E-state index contributed by atoms with van der Waals surface area (Å²) in [6.07, 6.45) is 0. The van der Waals surface area contributed by atoms with Gasteiger partial charge in [-0.2, -0.15) is 0 Å². The Morgan fingerprint density at radius 2 is 2.04 bits per heavy atom. The molecule has 0 fully saturated rings. The minimum absolute atomic E-state index is 0.127. The Kier molecular flexibility index (Phi) is 3.37. The van der Waals surface area contributed by atoms with Crippen LogP contribution in [0.3, 0.4) is 0 Å². The van der Waals surface area contributed by atoms with Gasteiger partial charge in [0.25, 0.3) is 5.91 Å². The topological polar surface area (TPSA) is 65.4 Å². The van der Waals surface area contributed by atoms with E-state index < -0.39 is 0 Å². The van der Waals surface area contributed by atoms with Crippen molar-refractivity contribution in [1.82, 2.24) is 14.9 Å². The summed E-state index contributed by atoms with van der Waals surface area (Å²) in [6, 6.07) is 11.2. The van der Waals surface area contributed by atoms with Crippen LogP contribution < -0.4 is 14.8 Å². The first-order valence-electron chi connectivity index (χ1n) is 7.71. The summed E-state index contributed by atoms with van der Waals surface area (Å²) in [7, 11) is 1.96. The lowest BCUT2D eigenvalue weighted by Gasteiger charge is -2.06. The van der Waals surface area contributed by atoms with E-state index in [9.17, 15) is 4.79 Å². The lowest BCUT2D eigenvalue weighted by atomic mass is 10.1. The third kappa shape index (κ3) is 2.46. The number of hydrogen-bond acceptors (Lipinski definition) is 4. The quantitative estimate of drug-likeness (QED) is 0.804. The number of ether oxygens (including phenoxy) is 2. The average Bonchev–Trinajstić information content (AvgIpc) is 3.16. The van der Waals surface area contributed by atoms with Crippen LogP contribution in [0.1, 0.15) is 21.7 Å². The van der Waals surface area contributed by atoms with Gasteiger partial charge in [-0.15, -0.1) is 0 Å². The fourth-order valence-electron chi connectivity index (χ4n) is 2.80. The van der Waals surface area contributed by atoms with E-state index in [1.165, 1.54) is 0 Å². The molecular weight excluding hydrogens is 306 g/mol. The van der Waals surface area contributed by atoms with E-state index in [1.54, 1.807) is 0 Å². The highest BCUT2D eigenvalue weighted by Crippen LogP contribution is 2.32. The van der Waals surface area contributed by atoms with Crippen molar-refractivity contribution in [2.75, 3.05) is 6.79 Å². The summed E-state index contributed by atoms with van der Waals surface area (Å²) < 4.78 is 12.6. The molecule has 2 heterocycles. The van der Waals surface area contributed by atoms with Crippen molar-refractivity contribution in [1.29, 1.82) is 0 Å². The van der Waals surface area contributed by atoms with E-state index in [2.05, 4.69) is 10.3 Å². The molecule has 2 aromatic carbocycles. The van der Waals surface area contributed by atoms with E-state index >= 15 is 0 Å². The fraction of sp³-hybridized carbons (Fsp3) is 0.222. The number of benzene rings is 2. The first kappa shape index (κ1) is 14.6. The molecule has 0 aliphatic carbocycles. The Hall–Kier alpha value is -3.02. The molecule has 1 amide bonds. The molecule has 24 heavy (non-hydrogen) atoms. The Balaban J connectivity index is 1.50. The molecule has 1 N–H and O–H groups in total. The van der Waals surface area contributed by atoms with Crippen molar-refractivity contribution in [3.63, 3.8) is 0 Å². The summed E-state index contributed by atoms with van der Waals surface area (Å²) in [6.45, 7) is 2.61. The third-order valence-corrected chi connectivity index (χ3v) is 4.26. The average molecular weight is 323 g/mol. The second kappa shape index (κ2) is 5.56. The number of nitrogens with zero attached hydrogens (tertiary/aromatic N) is 2. The van der Waals surface area contributed by atoms with Gasteiger partial charge < -0.3 is 19.4 Å². The molecular formula is C18H17N3O3. The molecule has 1 aliphatic heterocycles. The molecule has 4 rings (SSSR count). The van der Waals surface area contributed by atoms with Gasteiger partial charge in [-0.3, -0.25) is 4.79 Å². The molecule has 0 unspecified atom stereocenters. The minimum Gasteiger partial charge on any atom is -0.454 e. The van der Waals surface area contributed by atoms with Gasteiger partial charge in [0.15, 0.2) is 11.5 Å². The minimum atomic E-state index is -0.127. The van der Waals surface area contributed by atoms with Gasteiger partial charge in [-0.05, 0) is 42.8 Å². The number of nitrogens with one attached hydrogen (secondary N) is 1. The molecule has 122 valence electrons. The van der Waals surface area contributed by atoms with Crippen LogP contribution in [0.5, 0.6) is 11.5 Å². The maximum atomic E-state index is 12.4.